The lowest BCUT2D eigenvalue weighted by Gasteiger charge is -2.28. The van der Waals surface area contributed by atoms with Crippen molar-refractivity contribution in [3.63, 3.8) is 0 Å². The van der Waals surface area contributed by atoms with E-state index in [0.29, 0.717) is 32.8 Å². The second-order valence-electron chi connectivity index (χ2n) is 6.21. The highest BCUT2D eigenvalue weighted by Gasteiger charge is 2.26. The van der Waals surface area contributed by atoms with Gasteiger partial charge in [-0.05, 0) is 32.4 Å². The second-order valence-corrected chi connectivity index (χ2v) is 7.81. The van der Waals surface area contributed by atoms with Crippen molar-refractivity contribution in [1.82, 2.24) is 4.72 Å². The molecule has 6 nitrogen and oxygen atoms in total. The van der Waals surface area contributed by atoms with Gasteiger partial charge in [0, 0.05) is 31.1 Å². The lowest BCUT2D eigenvalue weighted by atomic mass is 10.2. The zero-order chi connectivity index (χ0) is 20.9. The Balaban J connectivity index is 2.52. The van der Waals surface area contributed by atoms with Crippen molar-refractivity contribution in [2.45, 2.75) is 52.6 Å². The predicted molar refractivity (Wildman–Crippen MR) is 112 cm³/mol. The molecule has 0 radical (unpaired) electrons. The van der Waals surface area contributed by atoms with Gasteiger partial charge in [0.25, 0.3) is 0 Å². The van der Waals surface area contributed by atoms with Crippen LogP contribution in [0.3, 0.4) is 0 Å². The molecule has 1 aromatic carbocycles. The Morgan fingerprint density at radius 2 is 1.75 bits per heavy atom. The average molecular weight is 412 g/mol. The Morgan fingerprint density at radius 3 is 2.32 bits per heavy atom. The van der Waals surface area contributed by atoms with E-state index in [-0.39, 0.29) is 6.04 Å². The van der Waals surface area contributed by atoms with Gasteiger partial charge in [-0.3, -0.25) is 0 Å². The normalized spacial score (nSPS) is 14.1. The Hall–Kier alpha value is -1.51. The minimum Gasteiger partial charge on any atom is -0.373 e. The topological polar surface area (TPSA) is 73.9 Å². The first-order chi connectivity index (χ1) is 13.4. The largest absolute Gasteiger partial charge is 0.373 e. The molecule has 0 unspecified atom stereocenters. The van der Waals surface area contributed by atoms with Gasteiger partial charge in [-0.15, -0.1) is 0 Å². The Bertz CT molecular complexity index is 695. The maximum absolute atomic E-state index is 12.3. The van der Waals surface area contributed by atoms with Gasteiger partial charge in [-0.2, -0.15) is 0 Å². The van der Waals surface area contributed by atoms with Gasteiger partial charge in [0.15, 0.2) is 5.79 Å². The van der Waals surface area contributed by atoms with Gasteiger partial charge in [-0.1, -0.05) is 49.4 Å². The second kappa shape index (κ2) is 12.9. The lowest BCUT2D eigenvalue weighted by molar-refractivity contribution is -0.200. The van der Waals surface area contributed by atoms with E-state index >= 15 is 0 Å². The van der Waals surface area contributed by atoms with Crippen molar-refractivity contribution in [1.29, 1.82) is 0 Å². The molecule has 0 saturated carbocycles. The van der Waals surface area contributed by atoms with E-state index in [1.54, 1.807) is 19.1 Å². The number of rotatable bonds is 14. The van der Waals surface area contributed by atoms with E-state index in [9.17, 15) is 8.42 Å². The van der Waals surface area contributed by atoms with Crippen molar-refractivity contribution in [3.8, 4) is 0 Å². The van der Waals surface area contributed by atoms with Crippen LogP contribution in [0.25, 0.3) is 0 Å². The van der Waals surface area contributed by atoms with Crippen LogP contribution in [0.1, 0.15) is 39.7 Å². The van der Waals surface area contributed by atoms with E-state index in [1.165, 1.54) is 6.08 Å². The summed E-state index contributed by atoms with van der Waals surface area (Å²) in [4.78, 5) is 0. The van der Waals surface area contributed by atoms with Gasteiger partial charge in [0.05, 0.1) is 13.2 Å². The number of ether oxygens (including phenoxy) is 3. The summed E-state index contributed by atoms with van der Waals surface area (Å²) in [5.74, 6) is -1.03. The van der Waals surface area contributed by atoms with Crippen LogP contribution in [0.5, 0.6) is 0 Å². The highest BCUT2D eigenvalue weighted by Crippen LogP contribution is 2.20. The van der Waals surface area contributed by atoms with Gasteiger partial charge in [0.1, 0.15) is 0 Å². The number of hydrogen-bond acceptors (Lipinski definition) is 5. The molecule has 1 rings (SSSR count). The van der Waals surface area contributed by atoms with Crippen LogP contribution in [0.15, 0.2) is 54.0 Å². The van der Waals surface area contributed by atoms with Gasteiger partial charge < -0.3 is 14.2 Å². The minimum atomic E-state index is -3.63. The summed E-state index contributed by atoms with van der Waals surface area (Å²) < 4.78 is 44.0. The van der Waals surface area contributed by atoms with Crippen molar-refractivity contribution >= 4 is 10.0 Å². The highest BCUT2D eigenvalue weighted by molar-refractivity contribution is 7.92. The van der Waals surface area contributed by atoms with Crippen molar-refractivity contribution in [3.05, 3.63) is 59.5 Å². The quantitative estimate of drug-likeness (QED) is 0.287. The summed E-state index contributed by atoms with van der Waals surface area (Å²) in [7, 11) is -3.63. The fraction of sp³-hybridized carbons (Fsp3) is 0.524. The third-order valence-electron chi connectivity index (χ3n) is 3.87. The standard InChI is InChI=1S/C21H33NO5S/c1-5-21(26-6-2,27-7-3)15-17-28(23,24)22-19(4)12-11-16-25-18-20-13-9-8-10-14-20/h8-15,17,19,22H,5-7,16,18H2,1-4H3/b12-11-,17-15+/t19-/m1/s1. The molecule has 7 heteroatoms. The Kier molecular flexibility index (Phi) is 11.3. The molecule has 1 aromatic rings. The van der Waals surface area contributed by atoms with Crippen LogP contribution < -0.4 is 4.72 Å². The molecule has 0 aromatic heterocycles. The van der Waals surface area contributed by atoms with Crippen LogP contribution in [-0.4, -0.2) is 40.1 Å². The number of sulfonamides is 1. The van der Waals surface area contributed by atoms with Crippen LogP contribution in [0.2, 0.25) is 0 Å². The van der Waals surface area contributed by atoms with Gasteiger partial charge >= 0.3 is 0 Å². The van der Waals surface area contributed by atoms with Gasteiger partial charge in [0.2, 0.25) is 10.0 Å². The zero-order valence-electron chi connectivity index (χ0n) is 17.3. The first-order valence-corrected chi connectivity index (χ1v) is 11.2. The summed E-state index contributed by atoms with van der Waals surface area (Å²) in [5.41, 5.74) is 1.10. The summed E-state index contributed by atoms with van der Waals surface area (Å²) in [5, 5.41) is 1.11. The fourth-order valence-corrected chi connectivity index (χ4v) is 3.62. The summed E-state index contributed by atoms with van der Waals surface area (Å²) >= 11 is 0. The summed E-state index contributed by atoms with van der Waals surface area (Å²) in [6.07, 6.45) is 5.53. The SMILES string of the molecule is CCOC(/C=C/S(=O)(=O)N[C@H](C)/C=C\COCc1ccccc1)(CC)OCC. The molecular weight excluding hydrogens is 378 g/mol. The van der Waals surface area contributed by atoms with E-state index in [0.717, 1.165) is 11.0 Å². The molecule has 0 aliphatic rings. The molecule has 0 fully saturated rings. The van der Waals surface area contributed by atoms with E-state index in [1.807, 2.05) is 51.1 Å². The molecule has 0 amide bonds. The molecule has 158 valence electrons. The maximum atomic E-state index is 12.3. The third-order valence-corrected chi connectivity index (χ3v) is 5.07. The van der Waals surface area contributed by atoms with Crippen LogP contribution in [-0.2, 0) is 30.8 Å². The molecule has 0 aliphatic carbocycles. The first-order valence-electron chi connectivity index (χ1n) is 9.64. The molecule has 1 N–H and O–H groups in total. The van der Waals surface area contributed by atoms with Gasteiger partial charge in [-0.25, -0.2) is 13.1 Å². The Morgan fingerprint density at radius 1 is 1.11 bits per heavy atom. The number of hydrogen-bond donors (Lipinski definition) is 1. The molecule has 28 heavy (non-hydrogen) atoms. The van der Waals surface area contributed by atoms with Crippen molar-refractivity contribution < 1.29 is 22.6 Å². The van der Waals surface area contributed by atoms with E-state index in [2.05, 4.69) is 4.72 Å². The monoisotopic (exact) mass is 411 g/mol. The minimum absolute atomic E-state index is 0.370. The summed E-state index contributed by atoms with van der Waals surface area (Å²) in [6.45, 7) is 9.11. The summed E-state index contributed by atoms with van der Waals surface area (Å²) in [6, 6.07) is 9.50. The zero-order valence-corrected chi connectivity index (χ0v) is 18.1. The molecule has 0 heterocycles. The smallest absolute Gasteiger partial charge is 0.234 e. The van der Waals surface area contributed by atoms with E-state index < -0.39 is 15.8 Å². The van der Waals surface area contributed by atoms with Crippen molar-refractivity contribution in [2.75, 3.05) is 19.8 Å². The fourth-order valence-electron chi connectivity index (χ4n) is 2.56. The number of benzene rings is 1. The van der Waals surface area contributed by atoms with Crippen molar-refractivity contribution in [2.24, 2.45) is 0 Å². The number of nitrogens with one attached hydrogen (secondary N) is 1. The van der Waals surface area contributed by atoms with Crippen LogP contribution in [0.4, 0.5) is 0 Å². The average Bonchev–Trinajstić information content (AvgIpc) is 2.67. The Labute approximate surface area is 169 Å². The lowest BCUT2D eigenvalue weighted by Crippen LogP contribution is -2.35. The molecule has 0 aliphatic heterocycles. The third kappa shape index (κ3) is 9.61. The maximum Gasteiger partial charge on any atom is 0.234 e. The molecular formula is C21H33NO5S. The van der Waals surface area contributed by atoms with Crippen LogP contribution >= 0.6 is 0 Å². The molecule has 0 saturated heterocycles. The van der Waals surface area contributed by atoms with E-state index in [4.69, 9.17) is 14.2 Å². The highest BCUT2D eigenvalue weighted by atomic mass is 32.2. The molecule has 1 atom stereocenters. The first kappa shape index (κ1) is 24.5. The predicted octanol–water partition coefficient (Wildman–Crippen LogP) is 3.76. The molecule has 0 spiro atoms. The molecule has 0 bridgehead atoms. The van der Waals surface area contributed by atoms with Crippen LogP contribution in [0, 0.1) is 0 Å².